The van der Waals surface area contributed by atoms with E-state index in [0.717, 1.165) is 19.1 Å². The Morgan fingerprint density at radius 1 is 1.11 bits per heavy atom. The van der Waals surface area contributed by atoms with Crippen LogP contribution in [0.25, 0.3) is 11.0 Å². The summed E-state index contributed by atoms with van der Waals surface area (Å²) >= 11 is 0. The fourth-order valence-electron chi connectivity index (χ4n) is 3.02. The van der Waals surface area contributed by atoms with E-state index in [1.165, 1.54) is 11.4 Å². The van der Waals surface area contributed by atoms with Crippen molar-refractivity contribution in [3.63, 3.8) is 0 Å². The first kappa shape index (κ1) is 19.2. The fourth-order valence-corrected chi connectivity index (χ4v) is 3.52. The Balaban J connectivity index is 2.19. The molecule has 142 valence electrons. The second-order valence-electron chi connectivity index (χ2n) is 6.61. The molecule has 0 aliphatic carbocycles. The number of anilines is 1. The summed E-state index contributed by atoms with van der Waals surface area (Å²) in [6.45, 7) is 2.08. The van der Waals surface area contributed by atoms with Crippen molar-refractivity contribution in [3.05, 3.63) is 65.4 Å². The number of unbranched alkanes of at least 4 members (excludes halogenated alkanes) is 1. The van der Waals surface area contributed by atoms with Crippen molar-refractivity contribution >= 4 is 32.5 Å². The van der Waals surface area contributed by atoms with Gasteiger partial charge in [0.2, 0.25) is 10.0 Å². The van der Waals surface area contributed by atoms with E-state index in [4.69, 9.17) is 4.42 Å². The number of sulfonamides is 1. The summed E-state index contributed by atoms with van der Waals surface area (Å²) in [4.78, 5) is 13.2. The third-order valence-electron chi connectivity index (χ3n) is 4.63. The number of carbonyl (C=O) groups excluding carboxylic acids is 1. The molecular formula is C21H23NO4S. The van der Waals surface area contributed by atoms with Gasteiger partial charge in [-0.25, -0.2) is 8.42 Å². The fraction of sp³-hybridized carbons (Fsp3) is 0.286. The average Bonchev–Trinajstić information content (AvgIpc) is 3.02. The second kappa shape index (κ2) is 7.56. The zero-order valence-electron chi connectivity index (χ0n) is 15.7. The number of aryl methyl sites for hydroxylation is 1. The number of benzene rings is 2. The van der Waals surface area contributed by atoms with Crippen molar-refractivity contribution in [2.45, 2.75) is 26.2 Å². The zero-order valence-corrected chi connectivity index (χ0v) is 16.5. The van der Waals surface area contributed by atoms with E-state index in [1.54, 1.807) is 30.3 Å². The molecule has 27 heavy (non-hydrogen) atoms. The Labute approximate surface area is 159 Å². The summed E-state index contributed by atoms with van der Waals surface area (Å²) < 4.78 is 31.0. The van der Waals surface area contributed by atoms with Crippen molar-refractivity contribution in [1.29, 1.82) is 0 Å². The van der Waals surface area contributed by atoms with Crippen molar-refractivity contribution in [1.82, 2.24) is 0 Å². The topological polar surface area (TPSA) is 67.6 Å². The molecule has 0 bridgehead atoms. The van der Waals surface area contributed by atoms with Crippen molar-refractivity contribution in [2.24, 2.45) is 0 Å². The zero-order chi connectivity index (χ0) is 19.6. The number of rotatable bonds is 7. The first-order valence-electron chi connectivity index (χ1n) is 8.92. The molecule has 0 atom stereocenters. The smallest absolute Gasteiger partial charge is 0.231 e. The van der Waals surface area contributed by atoms with Crippen molar-refractivity contribution < 1.29 is 17.6 Å². The van der Waals surface area contributed by atoms with Gasteiger partial charge in [0.1, 0.15) is 11.3 Å². The van der Waals surface area contributed by atoms with Crippen LogP contribution in [0.3, 0.4) is 0 Å². The average molecular weight is 385 g/mol. The van der Waals surface area contributed by atoms with Gasteiger partial charge >= 0.3 is 0 Å². The molecule has 0 fully saturated rings. The molecule has 0 spiro atoms. The van der Waals surface area contributed by atoms with E-state index < -0.39 is 10.0 Å². The van der Waals surface area contributed by atoms with Crippen LogP contribution in [0.1, 0.15) is 41.4 Å². The van der Waals surface area contributed by atoms with Crippen LogP contribution in [-0.2, 0) is 16.4 Å². The Hall–Kier alpha value is -2.60. The number of nitrogens with zero attached hydrogens (tertiary/aromatic N) is 1. The lowest BCUT2D eigenvalue weighted by atomic mass is 9.98. The molecule has 0 saturated heterocycles. The molecule has 0 saturated carbocycles. The highest BCUT2D eigenvalue weighted by molar-refractivity contribution is 7.92. The third-order valence-corrected chi connectivity index (χ3v) is 5.83. The molecule has 0 aliphatic rings. The van der Waals surface area contributed by atoms with Gasteiger partial charge in [-0.3, -0.25) is 9.10 Å². The molecule has 0 unspecified atom stereocenters. The summed E-state index contributed by atoms with van der Waals surface area (Å²) in [5.41, 5.74) is 2.19. The first-order valence-corrected chi connectivity index (χ1v) is 10.8. The highest BCUT2D eigenvalue weighted by Gasteiger charge is 2.23. The second-order valence-corrected chi connectivity index (χ2v) is 8.62. The van der Waals surface area contributed by atoms with Crippen LogP contribution in [0.5, 0.6) is 0 Å². The van der Waals surface area contributed by atoms with Gasteiger partial charge in [0.25, 0.3) is 0 Å². The maximum atomic E-state index is 13.2. The van der Waals surface area contributed by atoms with Crippen LogP contribution in [-0.4, -0.2) is 27.5 Å². The van der Waals surface area contributed by atoms with E-state index in [1.807, 2.05) is 18.2 Å². The lowest BCUT2D eigenvalue weighted by Gasteiger charge is -2.16. The summed E-state index contributed by atoms with van der Waals surface area (Å²) in [5.74, 6) is 0.541. The van der Waals surface area contributed by atoms with Crippen LogP contribution in [0, 0.1) is 0 Å². The molecule has 0 amide bonds. The van der Waals surface area contributed by atoms with Crippen LogP contribution >= 0.6 is 0 Å². The van der Waals surface area contributed by atoms with E-state index in [2.05, 4.69) is 6.92 Å². The third kappa shape index (κ3) is 3.90. The van der Waals surface area contributed by atoms with Crippen LogP contribution in [0.2, 0.25) is 0 Å². The molecule has 6 heteroatoms. The highest BCUT2D eigenvalue weighted by Crippen LogP contribution is 2.32. The molecule has 0 N–H and O–H groups in total. The minimum Gasteiger partial charge on any atom is -0.460 e. The predicted octanol–water partition coefficient (Wildman–Crippen LogP) is 4.40. The SMILES string of the molecule is CCCCc1oc2ccc(N(C)S(C)(=O)=O)cc2c1C(=O)c1ccccc1. The minimum atomic E-state index is -3.40. The quantitative estimate of drug-likeness (QED) is 0.565. The molecule has 3 aromatic rings. The number of fused-ring (bicyclic) bond motifs is 1. The summed E-state index contributed by atoms with van der Waals surface area (Å²) in [7, 11) is -1.91. The first-order chi connectivity index (χ1) is 12.8. The number of furan rings is 1. The largest absolute Gasteiger partial charge is 0.460 e. The molecular weight excluding hydrogens is 362 g/mol. The van der Waals surface area contributed by atoms with Crippen LogP contribution in [0.15, 0.2) is 52.9 Å². The van der Waals surface area contributed by atoms with E-state index in [0.29, 0.717) is 40.0 Å². The van der Waals surface area contributed by atoms with Gasteiger partial charge in [-0.1, -0.05) is 43.7 Å². The summed E-state index contributed by atoms with van der Waals surface area (Å²) in [5, 5.41) is 0.642. The van der Waals surface area contributed by atoms with Gasteiger partial charge in [-0.05, 0) is 24.6 Å². The molecule has 1 aromatic heterocycles. The van der Waals surface area contributed by atoms with E-state index >= 15 is 0 Å². The van der Waals surface area contributed by atoms with Gasteiger partial charge in [-0.2, -0.15) is 0 Å². The summed E-state index contributed by atoms with van der Waals surface area (Å²) in [6.07, 6.45) is 3.70. The van der Waals surface area contributed by atoms with Crippen molar-refractivity contribution in [3.8, 4) is 0 Å². The summed E-state index contributed by atoms with van der Waals surface area (Å²) in [6, 6.07) is 14.2. The molecule has 0 aliphatic heterocycles. The Morgan fingerprint density at radius 3 is 2.44 bits per heavy atom. The van der Waals surface area contributed by atoms with E-state index in [9.17, 15) is 13.2 Å². The van der Waals surface area contributed by atoms with Gasteiger partial charge < -0.3 is 4.42 Å². The Morgan fingerprint density at radius 2 is 1.81 bits per heavy atom. The Kier molecular flexibility index (Phi) is 5.37. The number of hydrogen-bond acceptors (Lipinski definition) is 4. The molecule has 2 aromatic carbocycles. The van der Waals surface area contributed by atoms with Gasteiger partial charge in [0.15, 0.2) is 5.78 Å². The maximum Gasteiger partial charge on any atom is 0.231 e. The maximum absolute atomic E-state index is 13.2. The Bertz CT molecular complexity index is 1070. The van der Waals surface area contributed by atoms with Crippen molar-refractivity contribution in [2.75, 3.05) is 17.6 Å². The van der Waals surface area contributed by atoms with Gasteiger partial charge in [0, 0.05) is 24.4 Å². The number of hydrogen-bond donors (Lipinski definition) is 0. The minimum absolute atomic E-state index is 0.111. The van der Waals surface area contributed by atoms with Gasteiger partial charge in [-0.15, -0.1) is 0 Å². The lowest BCUT2D eigenvalue weighted by Crippen LogP contribution is -2.24. The normalized spacial score (nSPS) is 11.7. The molecule has 1 heterocycles. The number of ketones is 1. The standard InChI is InChI=1S/C21H23NO4S/c1-4-5-11-19-20(21(23)15-9-7-6-8-10-15)17-14-16(12-13-18(17)26-19)22(2)27(3,24)25/h6-10,12-14H,4-5,11H2,1-3H3. The monoisotopic (exact) mass is 385 g/mol. The lowest BCUT2D eigenvalue weighted by molar-refractivity contribution is 0.103. The molecule has 3 rings (SSSR count). The van der Waals surface area contributed by atoms with Crippen LogP contribution in [0.4, 0.5) is 5.69 Å². The molecule has 5 nitrogen and oxygen atoms in total. The van der Waals surface area contributed by atoms with E-state index in [-0.39, 0.29) is 5.78 Å². The predicted molar refractivity (Wildman–Crippen MR) is 108 cm³/mol. The number of carbonyl (C=O) groups is 1. The van der Waals surface area contributed by atoms with Crippen LogP contribution < -0.4 is 4.31 Å². The highest BCUT2D eigenvalue weighted by atomic mass is 32.2. The molecule has 0 radical (unpaired) electrons. The van der Waals surface area contributed by atoms with Gasteiger partial charge in [0.05, 0.1) is 17.5 Å².